The number of fused-ring (bicyclic) bond motifs is 3. The zero-order valence-electron chi connectivity index (χ0n) is 16.2. The monoisotopic (exact) mass is 446 g/mol. The van der Waals surface area contributed by atoms with Crippen molar-refractivity contribution in [3.8, 4) is 11.1 Å². The van der Waals surface area contributed by atoms with Crippen LogP contribution in [0.4, 0.5) is 0 Å². The van der Waals surface area contributed by atoms with E-state index in [4.69, 9.17) is 22.8 Å². The van der Waals surface area contributed by atoms with Crippen molar-refractivity contribution in [2.75, 3.05) is 0 Å². The summed E-state index contributed by atoms with van der Waals surface area (Å²) in [5, 5.41) is 0. The van der Waals surface area contributed by atoms with Crippen molar-refractivity contribution in [2.45, 2.75) is 35.1 Å². The van der Waals surface area contributed by atoms with Gasteiger partial charge < -0.3 is 0 Å². The fraction of sp³-hybridized carbons (Fsp3) is 0.250. The van der Waals surface area contributed by atoms with Crippen LogP contribution in [0.1, 0.15) is 41.5 Å². The van der Waals surface area contributed by atoms with Gasteiger partial charge in [0.1, 0.15) is 0 Å². The van der Waals surface area contributed by atoms with Gasteiger partial charge in [-0.2, -0.15) is 0 Å². The van der Waals surface area contributed by atoms with Gasteiger partial charge in [-0.25, -0.2) is 0 Å². The van der Waals surface area contributed by atoms with E-state index in [-0.39, 0.29) is 5.92 Å². The Labute approximate surface area is 176 Å². The molecule has 3 aromatic rings. The molecule has 0 saturated carbocycles. The van der Waals surface area contributed by atoms with E-state index in [1.54, 1.807) is 0 Å². The van der Waals surface area contributed by atoms with Crippen molar-refractivity contribution >= 4 is 18.6 Å². The van der Waals surface area contributed by atoms with Crippen LogP contribution in [0.3, 0.4) is 0 Å². The molecule has 4 rings (SSSR count). The molecule has 2 N–H and O–H groups in total. The van der Waals surface area contributed by atoms with Crippen LogP contribution in [0.25, 0.3) is 11.1 Å². The van der Waals surface area contributed by atoms with Gasteiger partial charge in [0.05, 0.1) is 0 Å². The molecule has 145 valence electrons. The van der Waals surface area contributed by atoms with Crippen LogP contribution in [0, 0.1) is 0 Å². The van der Waals surface area contributed by atoms with Crippen molar-refractivity contribution in [2.24, 2.45) is 4.22 Å². The summed E-state index contributed by atoms with van der Waals surface area (Å²) in [4.78, 5) is 0. The normalized spacial score (nSPS) is 15.4. The van der Waals surface area contributed by atoms with Crippen LogP contribution >= 0.6 is 18.6 Å². The van der Waals surface area contributed by atoms with E-state index in [0.29, 0.717) is 9.45 Å². The van der Waals surface area contributed by atoms with Gasteiger partial charge in [0, 0.05) is 0 Å². The van der Waals surface area contributed by atoms with Crippen LogP contribution in [-0.2, 0) is 24.6 Å². The SMILES string of the molecule is CCC([CH2][Ti]([NH2])([Cl])([Cl])[CH2]c1ccccc1)c1cccc2c1Cc1ccccc1-2. The van der Waals surface area contributed by atoms with Crippen LogP contribution in [0.15, 0.2) is 72.8 Å². The van der Waals surface area contributed by atoms with Gasteiger partial charge in [0.2, 0.25) is 0 Å². The maximum atomic E-state index is 7.02. The van der Waals surface area contributed by atoms with Crippen LogP contribution in [0.2, 0.25) is 4.73 Å². The molecule has 1 nitrogen and oxygen atoms in total. The molecule has 1 atom stereocenters. The zero-order chi connectivity index (χ0) is 19.8. The summed E-state index contributed by atoms with van der Waals surface area (Å²) in [6, 6.07) is 25.5. The molecule has 1 aliphatic rings. The summed E-state index contributed by atoms with van der Waals surface area (Å²) in [5.74, 6) is 0.282. The predicted molar refractivity (Wildman–Crippen MR) is 119 cm³/mol. The summed E-state index contributed by atoms with van der Waals surface area (Å²) in [5.41, 5.74) is 8.02. The molecular formula is C24H26Cl2NTi. The number of benzene rings is 3. The second-order valence-corrected chi connectivity index (χ2v) is 22.5. The number of hydrogen-bond acceptors (Lipinski definition) is 1. The molecule has 1 unspecified atom stereocenters. The molecule has 0 amide bonds. The summed E-state index contributed by atoms with van der Waals surface area (Å²) in [6.07, 6.45) is 1.96. The molecule has 3 aromatic carbocycles. The third-order valence-corrected chi connectivity index (χ3v) is 12.1. The van der Waals surface area contributed by atoms with E-state index in [0.717, 1.165) is 18.4 Å². The molecule has 28 heavy (non-hydrogen) atoms. The quantitative estimate of drug-likeness (QED) is 0.310. The first-order chi connectivity index (χ1) is 13.3. The molecular weight excluding hydrogens is 421 g/mol. The second kappa shape index (κ2) is 7.63. The topological polar surface area (TPSA) is 26.0 Å². The Kier molecular flexibility index (Phi) is 5.50. The van der Waals surface area contributed by atoms with E-state index in [1.807, 2.05) is 18.2 Å². The van der Waals surface area contributed by atoms with Crippen molar-refractivity contribution in [1.29, 1.82) is 0 Å². The zero-order valence-corrected chi connectivity index (χ0v) is 19.2. The van der Waals surface area contributed by atoms with E-state index < -0.39 is 13.4 Å². The third-order valence-electron chi connectivity index (χ3n) is 5.89. The number of rotatable bonds is 6. The summed E-state index contributed by atoms with van der Waals surface area (Å²) in [7, 11) is 14.0. The van der Waals surface area contributed by atoms with Crippen molar-refractivity contribution < 1.29 is 13.4 Å². The van der Waals surface area contributed by atoms with Crippen molar-refractivity contribution in [1.82, 2.24) is 0 Å². The second-order valence-electron chi connectivity index (χ2n) is 8.16. The molecule has 1 aliphatic carbocycles. The van der Waals surface area contributed by atoms with Gasteiger partial charge in [0.15, 0.2) is 0 Å². The fourth-order valence-corrected chi connectivity index (χ4v) is 11.7. The average molecular weight is 447 g/mol. The predicted octanol–water partition coefficient (Wildman–Crippen LogP) is 7.24. The molecule has 0 aromatic heterocycles. The Morgan fingerprint density at radius 1 is 0.893 bits per heavy atom. The Bertz CT molecular complexity index is 992. The molecule has 0 bridgehead atoms. The van der Waals surface area contributed by atoms with E-state index >= 15 is 0 Å². The first kappa shape index (κ1) is 20.2. The Balaban J connectivity index is 1.65. The molecule has 0 saturated heterocycles. The van der Waals surface area contributed by atoms with Gasteiger partial charge in [-0.05, 0) is 0 Å². The van der Waals surface area contributed by atoms with Crippen LogP contribution < -0.4 is 4.22 Å². The van der Waals surface area contributed by atoms with Crippen LogP contribution in [0.5, 0.6) is 0 Å². The molecule has 0 spiro atoms. The minimum atomic E-state index is -4.13. The van der Waals surface area contributed by atoms with E-state index in [1.165, 1.54) is 27.8 Å². The summed E-state index contributed by atoms with van der Waals surface area (Å²) in [6.45, 7) is 2.21. The summed E-state index contributed by atoms with van der Waals surface area (Å²) >= 11 is -4.13. The van der Waals surface area contributed by atoms with E-state index in [9.17, 15) is 0 Å². The van der Waals surface area contributed by atoms with E-state index in [2.05, 4.69) is 61.5 Å². The van der Waals surface area contributed by atoms with Crippen LogP contribution in [-0.4, -0.2) is 0 Å². The number of hydrogen-bond donors (Lipinski definition) is 1. The first-order valence-electron chi connectivity index (χ1n) is 9.98. The third kappa shape index (κ3) is 4.25. The van der Waals surface area contributed by atoms with Crippen molar-refractivity contribution in [3.05, 3.63) is 95.1 Å². The number of nitrogens with two attached hydrogens (primary N) is 1. The van der Waals surface area contributed by atoms with Gasteiger partial charge in [-0.1, -0.05) is 0 Å². The standard InChI is InChI=1S/C17H17.C7H7.2ClH.H2N.Ti/c1-3-12(2)14-9-6-10-16-15-8-5-4-7-13(15)11-17(14)16;1-7-5-3-2-4-6-7;;;;/h4-10,12H,2-3,11H2,1H3;2-6H,1H2;2*1H;1H2;/q;;;;-1;+3/p-2. The Hall–Kier alpha value is -1.09. The van der Waals surface area contributed by atoms with Gasteiger partial charge >= 0.3 is 178 Å². The minimum absolute atomic E-state index is 0.282. The molecule has 0 heterocycles. The van der Waals surface area contributed by atoms with Crippen molar-refractivity contribution in [3.63, 3.8) is 0 Å². The Morgan fingerprint density at radius 3 is 2.32 bits per heavy atom. The number of halogens is 2. The first-order valence-corrected chi connectivity index (χ1v) is 17.4. The Morgan fingerprint density at radius 2 is 1.57 bits per heavy atom. The maximum absolute atomic E-state index is 7.02. The van der Waals surface area contributed by atoms with Gasteiger partial charge in [-0.15, -0.1) is 0 Å². The molecule has 0 aliphatic heterocycles. The summed E-state index contributed by atoms with van der Waals surface area (Å²) < 4.78 is 8.05. The van der Waals surface area contributed by atoms with Gasteiger partial charge in [0.25, 0.3) is 0 Å². The van der Waals surface area contributed by atoms with Gasteiger partial charge in [-0.3, -0.25) is 0 Å². The molecule has 0 fully saturated rings. The molecule has 4 heteroatoms. The fourth-order valence-electron chi connectivity index (χ4n) is 4.63. The average Bonchev–Trinajstić information content (AvgIpc) is 3.05. The molecule has 0 radical (unpaired) electrons.